The Morgan fingerprint density at radius 2 is 0.773 bits per heavy atom. The number of aliphatic carboxylic acids is 1. The molecule has 3 aliphatic heterocycles. The number of ether oxygens (including phenoxy) is 3. The van der Waals surface area contributed by atoms with E-state index in [0.717, 1.165) is 46.6 Å². The summed E-state index contributed by atoms with van der Waals surface area (Å²) in [5.74, 6) is -0.833. The standard InChI is InChI=1S/3C5H10O.C2H4O2/c3*1-2-4-6-5-3-1;1-2(3)4/h3*1-5H2;1H3,(H,3,4). The van der Waals surface area contributed by atoms with Gasteiger partial charge < -0.3 is 19.3 Å². The molecule has 0 unspecified atom stereocenters. The lowest BCUT2D eigenvalue weighted by atomic mass is 10.2. The number of hydrogen-bond donors (Lipinski definition) is 1. The van der Waals surface area contributed by atoms with Crippen LogP contribution in [0.5, 0.6) is 0 Å². The first kappa shape index (κ1) is 21.4. The average molecular weight is 318 g/mol. The van der Waals surface area contributed by atoms with Crippen molar-refractivity contribution in [3.63, 3.8) is 0 Å². The topological polar surface area (TPSA) is 65.0 Å². The van der Waals surface area contributed by atoms with E-state index in [1.165, 1.54) is 57.8 Å². The van der Waals surface area contributed by atoms with Gasteiger partial charge >= 0.3 is 0 Å². The van der Waals surface area contributed by atoms with Crippen LogP contribution in [-0.4, -0.2) is 50.7 Å². The minimum Gasteiger partial charge on any atom is -0.481 e. The first-order valence-electron chi connectivity index (χ1n) is 8.66. The molecular weight excluding hydrogens is 284 g/mol. The third-order valence-corrected chi connectivity index (χ3v) is 3.23. The summed E-state index contributed by atoms with van der Waals surface area (Å²) in [5, 5.41) is 7.42. The van der Waals surface area contributed by atoms with Crippen LogP contribution in [0.15, 0.2) is 0 Å². The molecule has 5 nitrogen and oxygen atoms in total. The predicted octanol–water partition coefficient (Wildman–Crippen LogP) is 3.65. The Hall–Kier alpha value is -0.650. The van der Waals surface area contributed by atoms with Gasteiger partial charge in [0.25, 0.3) is 5.97 Å². The molecule has 1 N–H and O–H groups in total. The zero-order valence-electron chi connectivity index (χ0n) is 14.2. The van der Waals surface area contributed by atoms with Gasteiger partial charge in [-0.15, -0.1) is 0 Å². The van der Waals surface area contributed by atoms with E-state index in [-0.39, 0.29) is 0 Å². The molecule has 0 aromatic rings. The van der Waals surface area contributed by atoms with Gasteiger partial charge in [-0.25, -0.2) is 0 Å². The zero-order valence-corrected chi connectivity index (χ0v) is 14.2. The third-order valence-electron chi connectivity index (χ3n) is 3.23. The van der Waals surface area contributed by atoms with Gasteiger partial charge in [-0.1, -0.05) is 0 Å². The summed E-state index contributed by atoms with van der Waals surface area (Å²) in [7, 11) is 0. The molecule has 0 atom stereocenters. The normalized spacial score (nSPS) is 20.8. The molecule has 132 valence electrons. The monoisotopic (exact) mass is 318 g/mol. The molecule has 3 rings (SSSR count). The van der Waals surface area contributed by atoms with E-state index >= 15 is 0 Å². The van der Waals surface area contributed by atoms with Crippen molar-refractivity contribution in [3.8, 4) is 0 Å². The van der Waals surface area contributed by atoms with Gasteiger partial charge in [0, 0.05) is 46.6 Å². The predicted molar refractivity (Wildman–Crippen MR) is 87.3 cm³/mol. The summed E-state index contributed by atoms with van der Waals surface area (Å²) in [6, 6.07) is 0. The zero-order chi connectivity index (χ0) is 16.3. The Balaban J connectivity index is 0.000000271. The summed E-state index contributed by atoms with van der Waals surface area (Å²) in [5.41, 5.74) is 0. The second kappa shape index (κ2) is 18.4. The molecule has 0 spiro atoms. The van der Waals surface area contributed by atoms with Gasteiger partial charge in [0.15, 0.2) is 0 Å². The summed E-state index contributed by atoms with van der Waals surface area (Å²) in [4.78, 5) is 9.00. The lowest BCUT2D eigenvalue weighted by Gasteiger charge is -2.08. The second-order valence-electron chi connectivity index (χ2n) is 5.54. The van der Waals surface area contributed by atoms with Crippen molar-refractivity contribution in [1.29, 1.82) is 0 Å². The van der Waals surface area contributed by atoms with Crippen LogP contribution in [0.25, 0.3) is 0 Å². The van der Waals surface area contributed by atoms with Crippen LogP contribution in [0.3, 0.4) is 0 Å². The first-order chi connectivity index (χ1) is 10.7. The number of carboxylic acid groups (broad SMARTS) is 1. The minimum absolute atomic E-state index is 0.833. The first-order valence-corrected chi connectivity index (χ1v) is 8.66. The van der Waals surface area contributed by atoms with Crippen molar-refractivity contribution < 1.29 is 24.1 Å². The highest BCUT2D eigenvalue weighted by Crippen LogP contribution is 2.03. The van der Waals surface area contributed by atoms with Crippen LogP contribution in [0.1, 0.15) is 64.7 Å². The van der Waals surface area contributed by atoms with E-state index in [4.69, 9.17) is 24.1 Å². The number of rotatable bonds is 0. The Bertz CT molecular complexity index is 154. The summed E-state index contributed by atoms with van der Waals surface area (Å²) >= 11 is 0. The molecule has 0 bridgehead atoms. The average Bonchev–Trinajstić information content (AvgIpc) is 2.60. The summed E-state index contributed by atoms with van der Waals surface area (Å²) in [6.07, 6.45) is 11.8. The fraction of sp³-hybridized carbons (Fsp3) is 0.941. The van der Waals surface area contributed by atoms with Crippen molar-refractivity contribution in [2.24, 2.45) is 0 Å². The summed E-state index contributed by atoms with van der Waals surface area (Å²) in [6.45, 7) is 7.08. The van der Waals surface area contributed by atoms with Crippen molar-refractivity contribution in [3.05, 3.63) is 0 Å². The molecule has 22 heavy (non-hydrogen) atoms. The maximum Gasteiger partial charge on any atom is 0.300 e. The quantitative estimate of drug-likeness (QED) is 0.738. The molecular formula is C17H34O5. The second-order valence-corrected chi connectivity index (χ2v) is 5.54. The van der Waals surface area contributed by atoms with E-state index in [1.54, 1.807) is 0 Å². The molecule has 3 fully saturated rings. The maximum atomic E-state index is 9.00. The van der Waals surface area contributed by atoms with Crippen LogP contribution in [0.2, 0.25) is 0 Å². The van der Waals surface area contributed by atoms with Gasteiger partial charge in [-0.05, 0) is 57.8 Å². The maximum absolute atomic E-state index is 9.00. The Kier molecular flexibility index (Phi) is 17.9. The van der Waals surface area contributed by atoms with E-state index in [9.17, 15) is 0 Å². The lowest BCUT2D eigenvalue weighted by molar-refractivity contribution is -0.134. The van der Waals surface area contributed by atoms with Crippen LogP contribution >= 0.6 is 0 Å². The highest BCUT2D eigenvalue weighted by molar-refractivity contribution is 5.62. The van der Waals surface area contributed by atoms with Crippen molar-refractivity contribution in [2.45, 2.75) is 64.7 Å². The lowest BCUT2D eigenvalue weighted by Crippen LogP contribution is -2.03. The fourth-order valence-electron chi connectivity index (χ4n) is 2.06. The molecule has 0 radical (unpaired) electrons. The molecule has 3 heterocycles. The van der Waals surface area contributed by atoms with E-state index < -0.39 is 5.97 Å². The number of carbonyl (C=O) groups is 1. The minimum atomic E-state index is -0.833. The Labute approximate surface area is 135 Å². The Morgan fingerprint density at radius 1 is 0.591 bits per heavy atom. The number of hydrogen-bond acceptors (Lipinski definition) is 4. The third kappa shape index (κ3) is 21.6. The van der Waals surface area contributed by atoms with Crippen molar-refractivity contribution >= 4 is 5.97 Å². The van der Waals surface area contributed by atoms with Gasteiger partial charge in [0.1, 0.15) is 0 Å². The molecule has 5 heteroatoms. The summed E-state index contributed by atoms with van der Waals surface area (Å²) < 4.78 is 15.2. The molecule has 3 aliphatic rings. The molecule has 0 amide bonds. The van der Waals surface area contributed by atoms with Crippen LogP contribution in [0, 0.1) is 0 Å². The molecule has 0 aromatic carbocycles. The van der Waals surface area contributed by atoms with Crippen LogP contribution < -0.4 is 0 Å². The van der Waals surface area contributed by atoms with Gasteiger partial charge in [0.2, 0.25) is 0 Å². The fourth-order valence-corrected chi connectivity index (χ4v) is 2.06. The Morgan fingerprint density at radius 3 is 0.818 bits per heavy atom. The highest BCUT2D eigenvalue weighted by Gasteiger charge is 1.96. The van der Waals surface area contributed by atoms with Crippen LogP contribution in [0.4, 0.5) is 0 Å². The van der Waals surface area contributed by atoms with Crippen LogP contribution in [-0.2, 0) is 19.0 Å². The molecule has 0 saturated carbocycles. The van der Waals surface area contributed by atoms with Gasteiger partial charge in [0.05, 0.1) is 0 Å². The number of carboxylic acids is 1. The molecule has 3 saturated heterocycles. The van der Waals surface area contributed by atoms with E-state index in [1.807, 2.05) is 0 Å². The van der Waals surface area contributed by atoms with E-state index in [0.29, 0.717) is 0 Å². The SMILES string of the molecule is C1CCOCC1.C1CCOCC1.C1CCOCC1.CC(=O)O. The van der Waals surface area contributed by atoms with E-state index in [2.05, 4.69) is 0 Å². The largest absolute Gasteiger partial charge is 0.481 e. The van der Waals surface area contributed by atoms with Crippen molar-refractivity contribution in [1.82, 2.24) is 0 Å². The molecule has 0 aliphatic carbocycles. The van der Waals surface area contributed by atoms with Gasteiger partial charge in [-0.3, -0.25) is 4.79 Å². The smallest absolute Gasteiger partial charge is 0.300 e. The highest BCUT2D eigenvalue weighted by atomic mass is 16.5. The van der Waals surface area contributed by atoms with Crippen molar-refractivity contribution in [2.75, 3.05) is 39.6 Å². The molecule has 0 aromatic heterocycles. The van der Waals surface area contributed by atoms with Gasteiger partial charge in [-0.2, -0.15) is 0 Å².